The van der Waals surface area contributed by atoms with Crippen molar-refractivity contribution in [1.29, 1.82) is 0 Å². The van der Waals surface area contributed by atoms with Gasteiger partial charge in [0.2, 0.25) is 5.91 Å². The molecule has 2 amide bonds. The number of hydrogen-bond donors (Lipinski definition) is 1. The second-order valence-electron chi connectivity index (χ2n) is 6.77. The summed E-state index contributed by atoms with van der Waals surface area (Å²) in [4.78, 5) is 34.2. The summed E-state index contributed by atoms with van der Waals surface area (Å²) < 4.78 is 40.7. The highest BCUT2D eigenvalue weighted by atomic mass is 32.2. The molecule has 0 saturated heterocycles. The molecule has 0 saturated carbocycles. The lowest BCUT2D eigenvalue weighted by molar-refractivity contribution is -0.274. The Morgan fingerprint density at radius 2 is 1.82 bits per heavy atom. The number of alkyl halides is 3. The van der Waals surface area contributed by atoms with Gasteiger partial charge in [0.25, 0.3) is 5.91 Å². The second kappa shape index (κ2) is 10.3. The zero-order chi connectivity index (χ0) is 24.0. The number of aromatic nitrogens is 2. The van der Waals surface area contributed by atoms with Gasteiger partial charge >= 0.3 is 6.36 Å². The number of nitrogens with zero attached hydrogens (tertiary/aromatic N) is 3. The van der Waals surface area contributed by atoms with Crippen LogP contribution in [0.3, 0.4) is 0 Å². The van der Waals surface area contributed by atoms with Crippen LogP contribution in [-0.4, -0.2) is 35.2 Å². The fraction of sp³-hybridized carbons (Fsp3) is 0.182. The fourth-order valence-corrected chi connectivity index (χ4v) is 3.60. The first-order chi connectivity index (χ1) is 15.6. The van der Waals surface area contributed by atoms with E-state index in [0.29, 0.717) is 27.8 Å². The van der Waals surface area contributed by atoms with Crippen LogP contribution in [0.25, 0.3) is 0 Å². The van der Waals surface area contributed by atoms with Crippen molar-refractivity contribution < 1.29 is 27.5 Å². The molecule has 2 aromatic heterocycles. The maximum atomic E-state index is 12.7. The largest absolute Gasteiger partial charge is 0.573 e. The van der Waals surface area contributed by atoms with E-state index < -0.39 is 12.3 Å². The highest BCUT2D eigenvalue weighted by Crippen LogP contribution is 2.27. The van der Waals surface area contributed by atoms with Crippen molar-refractivity contribution in [3.63, 3.8) is 0 Å². The minimum absolute atomic E-state index is 0.144. The highest BCUT2D eigenvalue weighted by Gasteiger charge is 2.31. The molecule has 0 aliphatic carbocycles. The molecule has 0 aliphatic heterocycles. The van der Waals surface area contributed by atoms with Crippen LogP contribution in [0.1, 0.15) is 22.8 Å². The minimum atomic E-state index is -4.79. The van der Waals surface area contributed by atoms with Gasteiger partial charge in [-0.15, -0.1) is 24.9 Å². The molecule has 0 unspecified atom stereocenters. The van der Waals surface area contributed by atoms with E-state index in [-0.39, 0.29) is 11.7 Å². The molecule has 11 heteroatoms. The Balaban J connectivity index is 1.68. The van der Waals surface area contributed by atoms with Crippen LogP contribution in [-0.2, 0) is 10.5 Å². The first kappa shape index (κ1) is 24.1. The van der Waals surface area contributed by atoms with Gasteiger partial charge < -0.3 is 15.0 Å². The molecule has 7 nitrogen and oxygen atoms in total. The van der Waals surface area contributed by atoms with Crippen molar-refractivity contribution in [1.82, 2.24) is 9.97 Å². The van der Waals surface area contributed by atoms with E-state index in [1.165, 1.54) is 35.7 Å². The molecule has 2 heterocycles. The van der Waals surface area contributed by atoms with Gasteiger partial charge in [-0.05, 0) is 54.1 Å². The molecule has 0 bridgehead atoms. The molecule has 0 fully saturated rings. The van der Waals surface area contributed by atoms with Gasteiger partial charge in [-0.2, -0.15) is 0 Å². The third-order valence-corrected chi connectivity index (χ3v) is 5.44. The lowest BCUT2D eigenvalue weighted by atomic mass is 10.2. The Bertz CT molecular complexity index is 1140. The monoisotopic (exact) mass is 476 g/mol. The van der Waals surface area contributed by atoms with Crippen LogP contribution in [0.5, 0.6) is 5.75 Å². The number of ether oxygens (including phenoxy) is 1. The molecule has 3 aromatic rings. The summed E-state index contributed by atoms with van der Waals surface area (Å²) in [6.45, 7) is 1.44. The standard InChI is InChI=1S/C22H19F3N4O3S/c1-14(30)29(2)19-12-15(9-11-26-19)13-33-21-18(4-3-10-27-21)20(31)28-16-5-7-17(8-6-16)32-22(23,24)25/h3-12H,13H2,1-2H3,(H,28,31). The normalized spacial score (nSPS) is 11.1. The molecule has 172 valence electrons. The number of halogens is 3. The van der Waals surface area contributed by atoms with E-state index in [1.54, 1.807) is 43.7 Å². The first-order valence-electron chi connectivity index (χ1n) is 9.56. The molecule has 33 heavy (non-hydrogen) atoms. The fourth-order valence-electron chi connectivity index (χ4n) is 2.66. The number of hydrogen-bond acceptors (Lipinski definition) is 6. The lowest BCUT2D eigenvalue weighted by Gasteiger charge is -2.14. The number of thioether (sulfide) groups is 1. The van der Waals surface area contributed by atoms with Crippen LogP contribution >= 0.6 is 11.8 Å². The second-order valence-corrected chi connectivity index (χ2v) is 7.74. The Kier molecular flexibility index (Phi) is 7.54. The predicted octanol–water partition coefficient (Wildman–Crippen LogP) is 4.90. The topological polar surface area (TPSA) is 84.4 Å². The lowest BCUT2D eigenvalue weighted by Crippen LogP contribution is -2.23. The summed E-state index contributed by atoms with van der Waals surface area (Å²) in [5.41, 5.74) is 1.50. The summed E-state index contributed by atoms with van der Waals surface area (Å²) in [6.07, 6.45) is -1.63. The first-order valence-corrected chi connectivity index (χ1v) is 10.5. The van der Waals surface area contributed by atoms with E-state index in [1.807, 2.05) is 0 Å². The number of carbonyl (C=O) groups excluding carboxylic acids is 2. The summed E-state index contributed by atoms with van der Waals surface area (Å²) in [7, 11) is 1.63. The number of rotatable bonds is 7. The molecule has 1 N–H and O–H groups in total. The van der Waals surface area contributed by atoms with Crippen LogP contribution in [0, 0.1) is 0 Å². The van der Waals surface area contributed by atoms with Crippen LogP contribution in [0.15, 0.2) is 66.0 Å². The summed E-state index contributed by atoms with van der Waals surface area (Å²) in [5.74, 6) is 0.000728. The van der Waals surface area contributed by atoms with Gasteiger partial charge in [0.05, 0.1) is 5.56 Å². The van der Waals surface area contributed by atoms with Gasteiger partial charge in [0.15, 0.2) is 0 Å². The average molecular weight is 476 g/mol. The van der Waals surface area contributed by atoms with E-state index in [4.69, 9.17) is 0 Å². The van der Waals surface area contributed by atoms with Gasteiger partial charge in [-0.1, -0.05) is 0 Å². The minimum Gasteiger partial charge on any atom is -0.406 e. The average Bonchev–Trinajstić information content (AvgIpc) is 2.78. The molecule has 0 spiro atoms. The molecule has 0 radical (unpaired) electrons. The zero-order valence-corrected chi connectivity index (χ0v) is 18.4. The highest BCUT2D eigenvalue weighted by molar-refractivity contribution is 7.98. The quantitative estimate of drug-likeness (QED) is 0.488. The maximum Gasteiger partial charge on any atom is 0.573 e. The van der Waals surface area contributed by atoms with Crippen molar-refractivity contribution in [2.75, 3.05) is 17.3 Å². The molecular weight excluding hydrogens is 457 g/mol. The Labute approximate surface area is 192 Å². The number of benzene rings is 1. The molecule has 0 atom stereocenters. The van der Waals surface area contributed by atoms with Crippen molar-refractivity contribution in [2.45, 2.75) is 24.1 Å². The summed E-state index contributed by atoms with van der Waals surface area (Å²) in [6, 6.07) is 11.7. The van der Waals surface area contributed by atoms with Crippen LogP contribution in [0.2, 0.25) is 0 Å². The Hall–Kier alpha value is -3.60. The Morgan fingerprint density at radius 1 is 1.09 bits per heavy atom. The number of pyridine rings is 2. The van der Waals surface area contributed by atoms with Crippen molar-refractivity contribution in [3.8, 4) is 5.75 Å². The van der Waals surface area contributed by atoms with Crippen molar-refractivity contribution in [2.24, 2.45) is 0 Å². The number of carbonyl (C=O) groups is 2. The van der Waals surface area contributed by atoms with Gasteiger partial charge in [-0.25, -0.2) is 9.97 Å². The van der Waals surface area contributed by atoms with Crippen LogP contribution in [0.4, 0.5) is 24.7 Å². The number of nitrogens with one attached hydrogen (secondary N) is 1. The van der Waals surface area contributed by atoms with E-state index in [9.17, 15) is 22.8 Å². The number of anilines is 2. The van der Waals surface area contributed by atoms with Gasteiger partial charge in [0, 0.05) is 37.8 Å². The molecule has 1 aromatic carbocycles. The van der Waals surface area contributed by atoms with Gasteiger partial charge in [0.1, 0.15) is 16.6 Å². The molecule has 0 aliphatic rings. The summed E-state index contributed by atoms with van der Waals surface area (Å²) in [5, 5.41) is 3.12. The predicted molar refractivity (Wildman–Crippen MR) is 118 cm³/mol. The Morgan fingerprint density at radius 3 is 2.48 bits per heavy atom. The molecular formula is C22H19F3N4O3S. The van der Waals surface area contributed by atoms with Crippen molar-refractivity contribution in [3.05, 3.63) is 72.1 Å². The summed E-state index contributed by atoms with van der Waals surface area (Å²) >= 11 is 1.33. The third-order valence-electron chi connectivity index (χ3n) is 4.36. The third kappa shape index (κ3) is 6.94. The maximum absolute atomic E-state index is 12.7. The smallest absolute Gasteiger partial charge is 0.406 e. The molecule has 3 rings (SSSR count). The zero-order valence-electron chi connectivity index (χ0n) is 17.6. The van der Waals surface area contributed by atoms with E-state index in [2.05, 4.69) is 20.0 Å². The number of amides is 2. The van der Waals surface area contributed by atoms with E-state index in [0.717, 1.165) is 17.7 Å². The van der Waals surface area contributed by atoms with Crippen molar-refractivity contribution >= 4 is 35.1 Å². The van der Waals surface area contributed by atoms with Crippen LogP contribution < -0.4 is 15.0 Å². The van der Waals surface area contributed by atoms with Gasteiger partial charge in [-0.3, -0.25) is 9.59 Å². The SMILES string of the molecule is CC(=O)N(C)c1cc(CSc2ncccc2C(=O)Nc2ccc(OC(F)(F)F)cc2)ccn1. The van der Waals surface area contributed by atoms with E-state index >= 15 is 0 Å².